The Kier molecular flexibility index (Phi) is 55.4. The second kappa shape index (κ2) is 58.6. The van der Waals surface area contributed by atoms with E-state index < -0.39 is 12.1 Å². The Balaban J connectivity index is 4.47. The molecule has 0 N–H and O–H groups in total. The van der Waals surface area contributed by atoms with Gasteiger partial charge in [-0.3, -0.25) is 14.4 Å². The molecule has 6 heteroatoms. The van der Waals surface area contributed by atoms with Gasteiger partial charge in [0.25, 0.3) is 0 Å². The van der Waals surface area contributed by atoms with Gasteiger partial charge in [-0.1, -0.05) is 271 Å². The van der Waals surface area contributed by atoms with Gasteiger partial charge in [0, 0.05) is 12.8 Å². The Morgan fingerprint density at radius 3 is 0.986 bits per heavy atom. The van der Waals surface area contributed by atoms with Crippen LogP contribution in [-0.2, 0) is 28.6 Å². The summed E-state index contributed by atoms with van der Waals surface area (Å²) in [6, 6.07) is 0. The molecule has 1 atom stereocenters. The molecule has 0 aliphatic carbocycles. The highest BCUT2D eigenvalue weighted by atomic mass is 16.6. The van der Waals surface area contributed by atoms with E-state index >= 15 is 0 Å². The van der Waals surface area contributed by atoms with E-state index in [2.05, 4.69) is 118 Å². The highest BCUT2D eigenvalue weighted by Gasteiger charge is 2.19. The number of carbonyl (C=O) groups excluding carboxylic acids is 3. The fourth-order valence-electron chi connectivity index (χ4n) is 7.98. The lowest BCUT2D eigenvalue weighted by molar-refractivity contribution is -0.166. The molecule has 1 unspecified atom stereocenters. The minimum atomic E-state index is -0.822. The van der Waals surface area contributed by atoms with Crippen molar-refractivity contribution in [3.63, 3.8) is 0 Å². The maximum Gasteiger partial charge on any atom is 0.309 e. The van der Waals surface area contributed by atoms with Gasteiger partial charge in [0.15, 0.2) is 6.10 Å². The number of hydrogen-bond donors (Lipinski definition) is 0. The zero-order chi connectivity index (χ0) is 51.4. The quantitative estimate of drug-likeness (QED) is 0.0261. The Morgan fingerprint density at radius 2 is 0.606 bits per heavy atom. The summed E-state index contributed by atoms with van der Waals surface area (Å²) in [5.74, 6) is -1.05. The lowest BCUT2D eigenvalue weighted by atomic mass is 10.0. The molecule has 0 aliphatic rings. The predicted octanol–water partition coefficient (Wildman–Crippen LogP) is 19.9. The Labute approximate surface area is 438 Å². The molecule has 0 aromatic carbocycles. The molecule has 0 aliphatic heterocycles. The van der Waals surface area contributed by atoms with Crippen LogP contribution in [0.1, 0.15) is 265 Å². The SMILES string of the molecule is CC/C=C\C/C=C\C/C=C\C/C=C\C/C=C\CC(=O)OCC(COC(=O)CCCCCCCCCC/C=C\C/C=C\C/C=C\C/C=C\CC)OC(=O)CCCCCCCCCCCCCCCCCCC. The normalized spacial score (nSPS) is 12.9. The number of rotatable bonds is 52. The molecule has 0 bridgehead atoms. The average Bonchev–Trinajstić information content (AvgIpc) is 3.37. The van der Waals surface area contributed by atoms with E-state index in [0.717, 1.165) is 103 Å². The van der Waals surface area contributed by atoms with Crippen molar-refractivity contribution in [3.05, 3.63) is 109 Å². The number of carbonyl (C=O) groups is 3. The minimum Gasteiger partial charge on any atom is -0.462 e. The van der Waals surface area contributed by atoms with Crippen molar-refractivity contribution in [1.82, 2.24) is 0 Å². The van der Waals surface area contributed by atoms with Crippen LogP contribution in [0.15, 0.2) is 109 Å². The molecule has 0 spiro atoms. The van der Waals surface area contributed by atoms with E-state index in [1.165, 1.54) is 122 Å². The third-order valence-electron chi connectivity index (χ3n) is 12.3. The second-order valence-electron chi connectivity index (χ2n) is 19.2. The first-order valence-electron chi connectivity index (χ1n) is 29.4. The average molecular weight is 986 g/mol. The Bertz CT molecular complexity index is 1460. The van der Waals surface area contributed by atoms with Crippen LogP contribution >= 0.6 is 0 Å². The van der Waals surface area contributed by atoms with Crippen molar-refractivity contribution in [3.8, 4) is 0 Å². The summed E-state index contributed by atoms with van der Waals surface area (Å²) in [7, 11) is 0. The van der Waals surface area contributed by atoms with Gasteiger partial charge in [0.2, 0.25) is 0 Å². The first-order valence-corrected chi connectivity index (χ1v) is 29.4. The van der Waals surface area contributed by atoms with Crippen molar-refractivity contribution in [1.29, 1.82) is 0 Å². The highest BCUT2D eigenvalue weighted by molar-refractivity contribution is 5.72. The van der Waals surface area contributed by atoms with Gasteiger partial charge in [0.05, 0.1) is 6.42 Å². The molecule has 0 aromatic rings. The molecule has 6 nitrogen and oxygen atoms in total. The van der Waals surface area contributed by atoms with Crippen molar-refractivity contribution in [2.45, 2.75) is 271 Å². The Morgan fingerprint density at radius 1 is 0.310 bits per heavy atom. The van der Waals surface area contributed by atoms with E-state index in [1.807, 2.05) is 6.08 Å². The van der Waals surface area contributed by atoms with Crippen molar-refractivity contribution < 1.29 is 28.6 Å². The van der Waals surface area contributed by atoms with Gasteiger partial charge in [-0.05, 0) is 83.5 Å². The van der Waals surface area contributed by atoms with E-state index in [0.29, 0.717) is 12.8 Å². The summed E-state index contributed by atoms with van der Waals surface area (Å²) < 4.78 is 16.8. The smallest absolute Gasteiger partial charge is 0.309 e. The first-order chi connectivity index (χ1) is 35.0. The van der Waals surface area contributed by atoms with Gasteiger partial charge < -0.3 is 14.2 Å². The van der Waals surface area contributed by atoms with Gasteiger partial charge >= 0.3 is 17.9 Å². The highest BCUT2D eigenvalue weighted by Crippen LogP contribution is 2.16. The lowest BCUT2D eigenvalue weighted by Gasteiger charge is -2.18. The van der Waals surface area contributed by atoms with Crippen LogP contribution in [0.5, 0.6) is 0 Å². The Hall–Kier alpha value is -3.93. The van der Waals surface area contributed by atoms with Crippen LogP contribution in [0.2, 0.25) is 0 Å². The van der Waals surface area contributed by atoms with Gasteiger partial charge in [-0.15, -0.1) is 0 Å². The standard InChI is InChI=1S/C65H108O6/c1-4-7-10-13-16-19-22-25-28-30-31-32-33-35-37-40-43-46-49-52-55-58-64(67)70-61-62(60-69-63(66)57-54-51-48-45-42-39-36-27-24-21-18-15-12-9-6-3)71-65(68)59-56-53-50-47-44-41-38-34-29-26-23-20-17-14-11-8-5-2/h7,9-10,12,16,18-19,21,25,27-28,31-32,36,42,45,51,54,62H,4-6,8,11,13-15,17,20,22-24,26,29-30,33-35,37-41,43-44,46-50,52-53,55-61H2,1-3H3/b10-7-,12-9-,19-16-,21-18-,28-25-,32-31-,36-27-,45-42-,54-51-. The zero-order valence-electron chi connectivity index (χ0n) is 46.2. The maximum absolute atomic E-state index is 12.9. The molecule has 0 saturated carbocycles. The van der Waals surface area contributed by atoms with E-state index in [9.17, 15) is 14.4 Å². The van der Waals surface area contributed by atoms with Crippen LogP contribution < -0.4 is 0 Å². The van der Waals surface area contributed by atoms with Crippen LogP contribution in [0.3, 0.4) is 0 Å². The molecule has 0 amide bonds. The van der Waals surface area contributed by atoms with E-state index in [4.69, 9.17) is 14.2 Å². The molecule has 0 aromatic heterocycles. The van der Waals surface area contributed by atoms with E-state index in [1.54, 1.807) is 6.08 Å². The fourth-order valence-corrected chi connectivity index (χ4v) is 7.98. The summed E-state index contributed by atoms with van der Waals surface area (Å²) in [5, 5.41) is 0. The third-order valence-corrected chi connectivity index (χ3v) is 12.3. The van der Waals surface area contributed by atoms with Crippen LogP contribution in [0, 0.1) is 0 Å². The van der Waals surface area contributed by atoms with Gasteiger partial charge in [-0.25, -0.2) is 0 Å². The molecular weight excluding hydrogens is 877 g/mol. The number of hydrogen-bond acceptors (Lipinski definition) is 6. The second-order valence-corrected chi connectivity index (χ2v) is 19.2. The van der Waals surface area contributed by atoms with Crippen LogP contribution in [0.4, 0.5) is 0 Å². The zero-order valence-corrected chi connectivity index (χ0v) is 46.2. The van der Waals surface area contributed by atoms with E-state index in [-0.39, 0.29) is 31.6 Å². The molecular formula is C65H108O6. The third kappa shape index (κ3) is 56.9. The van der Waals surface area contributed by atoms with Crippen molar-refractivity contribution in [2.75, 3.05) is 13.2 Å². The number of esters is 3. The summed E-state index contributed by atoms with van der Waals surface area (Å²) >= 11 is 0. The minimum absolute atomic E-state index is 0.112. The summed E-state index contributed by atoms with van der Waals surface area (Å²) in [4.78, 5) is 38.1. The number of allylic oxidation sites excluding steroid dienone is 17. The molecule has 0 fully saturated rings. The summed E-state index contributed by atoms with van der Waals surface area (Å²) in [6.45, 7) is 6.33. The van der Waals surface area contributed by atoms with Crippen LogP contribution in [-0.4, -0.2) is 37.2 Å². The van der Waals surface area contributed by atoms with Crippen molar-refractivity contribution >= 4 is 17.9 Å². The topological polar surface area (TPSA) is 78.9 Å². The first kappa shape index (κ1) is 67.1. The fraction of sp³-hybridized carbons (Fsp3) is 0.677. The van der Waals surface area contributed by atoms with Crippen LogP contribution in [0.25, 0.3) is 0 Å². The predicted molar refractivity (Wildman–Crippen MR) is 307 cm³/mol. The molecule has 0 rings (SSSR count). The molecule has 0 heterocycles. The maximum atomic E-state index is 12.9. The largest absolute Gasteiger partial charge is 0.462 e. The summed E-state index contributed by atoms with van der Waals surface area (Å²) in [5.41, 5.74) is 0. The molecule has 0 saturated heterocycles. The lowest BCUT2D eigenvalue weighted by Crippen LogP contribution is -2.30. The molecule has 404 valence electrons. The van der Waals surface area contributed by atoms with Gasteiger partial charge in [0.1, 0.15) is 13.2 Å². The van der Waals surface area contributed by atoms with Gasteiger partial charge in [-0.2, -0.15) is 0 Å². The molecule has 71 heavy (non-hydrogen) atoms. The number of ether oxygens (including phenoxy) is 3. The summed E-state index contributed by atoms with van der Waals surface area (Å²) in [6.07, 6.45) is 79.6. The molecule has 0 radical (unpaired) electrons. The van der Waals surface area contributed by atoms with Crippen molar-refractivity contribution in [2.24, 2.45) is 0 Å². The number of unbranched alkanes of at least 4 members (excludes halogenated alkanes) is 24. The monoisotopic (exact) mass is 985 g/mol.